The Hall–Kier alpha value is -3.12. The average Bonchev–Trinajstić information content (AvgIpc) is 3.27. The van der Waals surface area contributed by atoms with Crippen molar-refractivity contribution in [2.75, 3.05) is 18.0 Å². The molecule has 1 saturated heterocycles. The number of halogens is 1. The summed E-state index contributed by atoms with van der Waals surface area (Å²) in [6.45, 7) is 2.01. The van der Waals surface area contributed by atoms with Gasteiger partial charge in [-0.2, -0.15) is 0 Å². The molecule has 1 atom stereocenters. The number of aromatic nitrogens is 3. The van der Waals surface area contributed by atoms with Crippen LogP contribution in [0.25, 0.3) is 16.7 Å². The summed E-state index contributed by atoms with van der Waals surface area (Å²) in [5.74, 6) is 0.887. The lowest BCUT2D eigenvalue weighted by atomic mass is 9.97. The average molecular weight is 420 g/mol. The number of hydrogen-bond acceptors (Lipinski definition) is 4. The molecule has 1 amide bonds. The van der Waals surface area contributed by atoms with E-state index in [0.29, 0.717) is 23.8 Å². The predicted octanol–water partition coefficient (Wildman–Crippen LogP) is 4.07. The molecule has 152 valence electrons. The summed E-state index contributed by atoms with van der Waals surface area (Å²) in [5, 5.41) is 3.75. The highest BCUT2D eigenvalue weighted by atomic mass is 35.5. The molecule has 30 heavy (non-hydrogen) atoms. The summed E-state index contributed by atoms with van der Waals surface area (Å²) >= 11 is 6.04. The molecule has 4 heterocycles. The Morgan fingerprint density at radius 1 is 1.17 bits per heavy atom. The van der Waals surface area contributed by atoms with Crippen molar-refractivity contribution in [3.8, 4) is 0 Å². The quantitative estimate of drug-likeness (QED) is 0.541. The number of fused-ring (bicyclic) bond motifs is 3. The van der Waals surface area contributed by atoms with Crippen LogP contribution < -0.4 is 10.2 Å². The van der Waals surface area contributed by atoms with Gasteiger partial charge in [0.1, 0.15) is 0 Å². The number of rotatable bonds is 4. The van der Waals surface area contributed by atoms with Gasteiger partial charge in [0.15, 0.2) is 11.5 Å². The van der Waals surface area contributed by atoms with E-state index in [1.807, 2.05) is 48.7 Å². The Bertz CT molecular complexity index is 1220. The van der Waals surface area contributed by atoms with Crippen LogP contribution >= 0.6 is 11.6 Å². The van der Waals surface area contributed by atoms with Gasteiger partial charge in [0.2, 0.25) is 5.91 Å². The van der Waals surface area contributed by atoms with E-state index in [4.69, 9.17) is 16.6 Å². The molecule has 7 heteroatoms. The van der Waals surface area contributed by atoms with Crippen molar-refractivity contribution in [2.24, 2.45) is 5.92 Å². The molecule has 0 aliphatic carbocycles. The number of carbonyl (C=O) groups is 1. The number of amides is 1. The third-order valence-corrected chi connectivity index (χ3v) is 5.90. The molecule has 1 aromatic carbocycles. The zero-order valence-electron chi connectivity index (χ0n) is 16.5. The molecule has 1 aliphatic rings. The molecule has 3 aromatic heterocycles. The van der Waals surface area contributed by atoms with Crippen LogP contribution in [0.4, 0.5) is 5.82 Å². The van der Waals surface area contributed by atoms with Gasteiger partial charge in [-0.3, -0.25) is 4.79 Å². The fourth-order valence-corrected chi connectivity index (χ4v) is 4.40. The highest BCUT2D eigenvalue weighted by molar-refractivity contribution is 6.30. The van der Waals surface area contributed by atoms with E-state index in [1.54, 1.807) is 6.20 Å². The standard InChI is InChI=1S/C23H22ClN5O/c24-18-7-1-5-16(13-18)14-26-23(30)17-6-3-11-28(15-17)22-20-9-4-12-29(20)19-8-2-10-25-21(19)27-22/h1-2,4-5,7-10,12-13,17H,3,6,11,14-15H2,(H,26,30). The van der Waals surface area contributed by atoms with Crippen LogP contribution in [0.5, 0.6) is 0 Å². The molecular formula is C23H22ClN5O. The second-order valence-corrected chi connectivity index (χ2v) is 8.11. The topological polar surface area (TPSA) is 62.5 Å². The predicted molar refractivity (Wildman–Crippen MR) is 119 cm³/mol. The number of nitrogens with zero attached hydrogens (tertiary/aromatic N) is 4. The molecule has 0 saturated carbocycles. The normalized spacial score (nSPS) is 16.8. The number of hydrogen-bond donors (Lipinski definition) is 1. The van der Waals surface area contributed by atoms with Gasteiger partial charge in [0.05, 0.1) is 17.0 Å². The maximum Gasteiger partial charge on any atom is 0.225 e. The Labute approximate surface area is 179 Å². The summed E-state index contributed by atoms with van der Waals surface area (Å²) in [4.78, 5) is 24.4. The van der Waals surface area contributed by atoms with Crippen LogP contribution in [0.3, 0.4) is 0 Å². The Morgan fingerprint density at radius 2 is 2.07 bits per heavy atom. The molecule has 1 unspecified atom stereocenters. The van der Waals surface area contributed by atoms with E-state index >= 15 is 0 Å². The number of anilines is 1. The zero-order chi connectivity index (χ0) is 20.5. The van der Waals surface area contributed by atoms with Gasteiger partial charge in [0.25, 0.3) is 0 Å². The largest absolute Gasteiger partial charge is 0.354 e. The fraction of sp³-hybridized carbons (Fsp3) is 0.261. The van der Waals surface area contributed by atoms with E-state index in [1.165, 1.54) is 0 Å². The minimum atomic E-state index is -0.0748. The number of pyridine rings is 1. The zero-order valence-corrected chi connectivity index (χ0v) is 17.2. The van der Waals surface area contributed by atoms with Gasteiger partial charge in [-0.15, -0.1) is 0 Å². The molecule has 5 rings (SSSR count). The lowest BCUT2D eigenvalue weighted by molar-refractivity contribution is -0.125. The van der Waals surface area contributed by atoms with E-state index < -0.39 is 0 Å². The van der Waals surface area contributed by atoms with Crippen LogP contribution in [-0.2, 0) is 11.3 Å². The molecule has 1 fully saturated rings. The summed E-state index contributed by atoms with van der Waals surface area (Å²) in [6, 6.07) is 15.6. The summed E-state index contributed by atoms with van der Waals surface area (Å²) in [7, 11) is 0. The van der Waals surface area contributed by atoms with Gasteiger partial charge in [-0.05, 0) is 54.8 Å². The smallest absolute Gasteiger partial charge is 0.225 e. The minimum absolute atomic E-state index is 0.0741. The van der Waals surface area contributed by atoms with Crippen molar-refractivity contribution >= 4 is 40.0 Å². The van der Waals surface area contributed by atoms with Crippen LogP contribution in [-0.4, -0.2) is 33.4 Å². The first kappa shape index (κ1) is 18.9. The van der Waals surface area contributed by atoms with Crippen molar-refractivity contribution in [1.82, 2.24) is 19.7 Å². The summed E-state index contributed by atoms with van der Waals surface area (Å²) in [6.07, 6.45) is 5.62. The monoisotopic (exact) mass is 419 g/mol. The second-order valence-electron chi connectivity index (χ2n) is 7.68. The molecule has 0 radical (unpaired) electrons. The van der Waals surface area contributed by atoms with Gasteiger partial charge in [-0.1, -0.05) is 23.7 Å². The Kier molecular flexibility index (Phi) is 5.01. The van der Waals surface area contributed by atoms with Crippen molar-refractivity contribution < 1.29 is 4.79 Å². The summed E-state index contributed by atoms with van der Waals surface area (Å²) < 4.78 is 2.12. The van der Waals surface area contributed by atoms with Crippen LogP contribution in [0, 0.1) is 5.92 Å². The van der Waals surface area contributed by atoms with Gasteiger partial charge >= 0.3 is 0 Å². The highest BCUT2D eigenvalue weighted by Crippen LogP contribution is 2.28. The van der Waals surface area contributed by atoms with Crippen LogP contribution in [0.15, 0.2) is 60.9 Å². The lowest BCUT2D eigenvalue weighted by Gasteiger charge is -2.33. The number of benzene rings is 1. The summed E-state index contributed by atoms with van der Waals surface area (Å²) in [5.41, 5.74) is 3.73. The van der Waals surface area contributed by atoms with Crippen molar-refractivity contribution in [1.29, 1.82) is 0 Å². The first-order chi connectivity index (χ1) is 14.7. The molecule has 0 spiro atoms. The molecule has 4 aromatic rings. The van der Waals surface area contributed by atoms with E-state index in [0.717, 1.165) is 41.8 Å². The van der Waals surface area contributed by atoms with Crippen molar-refractivity contribution in [2.45, 2.75) is 19.4 Å². The molecule has 6 nitrogen and oxygen atoms in total. The Balaban J connectivity index is 1.36. The molecule has 0 bridgehead atoms. The van der Waals surface area contributed by atoms with Crippen LogP contribution in [0.1, 0.15) is 18.4 Å². The highest BCUT2D eigenvalue weighted by Gasteiger charge is 2.28. The van der Waals surface area contributed by atoms with Gasteiger partial charge < -0.3 is 14.6 Å². The van der Waals surface area contributed by atoms with E-state index in [9.17, 15) is 4.79 Å². The van der Waals surface area contributed by atoms with E-state index in [2.05, 4.69) is 25.7 Å². The fourth-order valence-electron chi connectivity index (χ4n) is 4.19. The third-order valence-electron chi connectivity index (χ3n) is 5.66. The lowest BCUT2D eigenvalue weighted by Crippen LogP contribution is -2.43. The third kappa shape index (κ3) is 3.59. The molecule has 1 N–H and O–H groups in total. The van der Waals surface area contributed by atoms with Crippen LogP contribution in [0.2, 0.25) is 5.02 Å². The molecular weight excluding hydrogens is 398 g/mol. The first-order valence-corrected chi connectivity index (χ1v) is 10.6. The van der Waals surface area contributed by atoms with Crippen molar-refractivity contribution in [3.05, 3.63) is 71.5 Å². The SMILES string of the molecule is O=C(NCc1cccc(Cl)c1)C1CCCN(c2nc3ncccc3n3cccc23)C1. The minimum Gasteiger partial charge on any atom is -0.354 e. The number of carbonyl (C=O) groups excluding carboxylic acids is 1. The Morgan fingerprint density at radius 3 is 2.97 bits per heavy atom. The first-order valence-electron chi connectivity index (χ1n) is 10.2. The maximum atomic E-state index is 12.9. The van der Waals surface area contributed by atoms with Gasteiger partial charge in [-0.25, -0.2) is 9.97 Å². The second kappa shape index (κ2) is 7.95. The maximum absolute atomic E-state index is 12.9. The number of nitrogens with one attached hydrogen (secondary N) is 1. The molecule has 1 aliphatic heterocycles. The number of piperidine rings is 1. The van der Waals surface area contributed by atoms with E-state index in [-0.39, 0.29) is 11.8 Å². The van der Waals surface area contributed by atoms with Gasteiger partial charge in [0, 0.05) is 37.1 Å². The van der Waals surface area contributed by atoms with Crippen molar-refractivity contribution in [3.63, 3.8) is 0 Å².